The average Bonchev–Trinajstić information content (AvgIpc) is 2.09. The van der Waals surface area contributed by atoms with E-state index in [4.69, 9.17) is 0 Å². The summed E-state index contributed by atoms with van der Waals surface area (Å²) < 4.78 is 0. The molecular weight excluding hydrogens is 148 g/mol. The molecule has 0 unspecified atom stereocenters. The molecule has 0 aromatic rings. The molecule has 1 heteroatoms. The quantitative estimate of drug-likeness (QED) is 0.464. The zero-order chi connectivity index (χ0) is 9.98. The molecule has 0 radical (unpaired) electrons. The van der Waals surface area contributed by atoms with Crippen molar-refractivity contribution in [3.05, 3.63) is 36.5 Å². The van der Waals surface area contributed by atoms with Gasteiger partial charge in [-0.2, -0.15) is 0 Å². The number of allylic oxidation sites excluding steroid dienone is 5. The van der Waals surface area contributed by atoms with E-state index in [0.29, 0.717) is 5.57 Å². The second-order valence-corrected chi connectivity index (χ2v) is 1.91. The van der Waals surface area contributed by atoms with Gasteiger partial charge >= 0.3 is 0 Å². The number of carbonyl (C=O) groups is 1. The van der Waals surface area contributed by atoms with E-state index in [2.05, 4.69) is 6.58 Å². The van der Waals surface area contributed by atoms with Crippen LogP contribution in [-0.4, -0.2) is 5.78 Å². The number of ketones is 1. The van der Waals surface area contributed by atoms with E-state index in [-0.39, 0.29) is 5.78 Å². The van der Waals surface area contributed by atoms with Crippen LogP contribution in [0.25, 0.3) is 0 Å². The first-order valence-electron chi connectivity index (χ1n) is 4.18. The van der Waals surface area contributed by atoms with Crippen LogP contribution >= 0.6 is 0 Å². The Morgan fingerprint density at radius 3 is 2.08 bits per heavy atom. The predicted molar refractivity (Wildman–Crippen MR) is 55.1 cm³/mol. The Morgan fingerprint density at radius 2 is 1.83 bits per heavy atom. The van der Waals surface area contributed by atoms with E-state index in [1.54, 1.807) is 12.2 Å². The average molecular weight is 166 g/mol. The van der Waals surface area contributed by atoms with Gasteiger partial charge in [0.15, 0.2) is 5.78 Å². The van der Waals surface area contributed by atoms with Crippen LogP contribution in [-0.2, 0) is 4.79 Å². The van der Waals surface area contributed by atoms with Gasteiger partial charge in [-0.15, -0.1) is 0 Å². The van der Waals surface area contributed by atoms with E-state index in [1.807, 2.05) is 32.9 Å². The Hall–Kier alpha value is -1.11. The molecule has 0 heterocycles. The lowest BCUT2D eigenvalue weighted by Crippen LogP contribution is -1.90. The SMILES string of the molecule is C=C/C(=C\C=C/C)C(C)=O.CC. The fourth-order valence-corrected chi connectivity index (χ4v) is 0.529. The third kappa shape index (κ3) is 7.00. The Kier molecular flexibility index (Phi) is 11.1. The molecular formula is C11H18O. The predicted octanol–water partition coefficient (Wildman–Crippen LogP) is 3.29. The normalized spacial score (nSPS) is 10.5. The summed E-state index contributed by atoms with van der Waals surface area (Å²) in [6.45, 7) is 10.9. The first kappa shape index (κ1) is 13.5. The van der Waals surface area contributed by atoms with Gasteiger partial charge in [0.1, 0.15) is 0 Å². The Labute approximate surface area is 75.5 Å². The zero-order valence-electron chi connectivity index (χ0n) is 8.42. The molecule has 0 bridgehead atoms. The fourth-order valence-electron chi connectivity index (χ4n) is 0.529. The number of hydrogen-bond donors (Lipinski definition) is 0. The van der Waals surface area contributed by atoms with Crippen LogP contribution in [0.3, 0.4) is 0 Å². The van der Waals surface area contributed by atoms with Gasteiger partial charge in [0.2, 0.25) is 0 Å². The van der Waals surface area contributed by atoms with Crippen molar-refractivity contribution in [2.24, 2.45) is 0 Å². The summed E-state index contributed by atoms with van der Waals surface area (Å²) in [5.41, 5.74) is 0.651. The van der Waals surface area contributed by atoms with Crippen LogP contribution in [0.15, 0.2) is 36.5 Å². The maximum atomic E-state index is 10.7. The highest BCUT2D eigenvalue weighted by molar-refractivity contribution is 5.96. The van der Waals surface area contributed by atoms with Gasteiger partial charge in [-0.05, 0) is 13.8 Å². The third-order valence-corrected chi connectivity index (χ3v) is 1.09. The molecule has 0 aromatic heterocycles. The topological polar surface area (TPSA) is 17.1 Å². The minimum Gasteiger partial charge on any atom is -0.295 e. The molecule has 0 spiro atoms. The molecule has 0 aromatic carbocycles. The molecule has 0 fully saturated rings. The van der Waals surface area contributed by atoms with Crippen molar-refractivity contribution in [2.75, 3.05) is 0 Å². The summed E-state index contributed by atoms with van der Waals surface area (Å²) >= 11 is 0. The molecule has 0 saturated carbocycles. The van der Waals surface area contributed by atoms with Crippen LogP contribution < -0.4 is 0 Å². The maximum absolute atomic E-state index is 10.7. The molecule has 0 aliphatic carbocycles. The molecule has 0 aliphatic heterocycles. The maximum Gasteiger partial charge on any atom is 0.159 e. The molecule has 0 amide bonds. The van der Waals surface area contributed by atoms with E-state index in [0.717, 1.165) is 0 Å². The summed E-state index contributed by atoms with van der Waals surface area (Å²) in [5, 5.41) is 0. The molecule has 0 aliphatic rings. The lowest BCUT2D eigenvalue weighted by Gasteiger charge is -1.89. The highest BCUT2D eigenvalue weighted by Gasteiger charge is 1.93. The van der Waals surface area contributed by atoms with Gasteiger partial charge in [-0.1, -0.05) is 44.7 Å². The van der Waals surface area contributed by atoms with Crippen LogP contribution in [0.5, 0.6) is 0 Å². The number of carbonyl (C=O) groups excluding carboxylic acids is 1. The van der Waals surface area contributed by atoms with E-state index in [9.17, 15) is 4.79 Å². The van der Waals surface area contributed by atoms with Gasteiger partial charge < -0.3 is 0 Å². The van der Waals surface area contributed by atoms with Crippen molar-refractivity contribution >= 4 is 5.78 Å². The number of hydrogen-bond acceptors (Lipinski definition) is 1. The van der Waals surface area contributed by atoms with Gasteiger partial charge in [0.25, 0.3) is 0 Å². The van der Waals surface area contributed by atoms with Crippen molar-refractivity contribution in [1.29, 1.82) is 0 Å². The highest BCUT2D eigenvalue weighted by atomic mass is 16.1. The second-order valence-electron chi connectivity index (χ2n) is 1.91. The van der Waals surface area contributed by atoms with Crippen molar-refractivity contribution in [2.45, 2.75) is 27.7 Å². The first-order valence-corrected chi connectivity index (χ1v) is 4.18. The highest BCUT2D eigenvalue weighted by Crippen LogP contribution is 1.96. The van der Waals surface area contributed by atoms with E-state index < -0.39 is 0 Å². The van der Waals surface area contributed by atoms with Gasteiger partial charge in [-0.3, -0.25) is 4.79 Å². The fraction of sp³-hybridized carbons (Fsp3) is 0.364. The summed E-state index contributed by atoms with van der Waals surface area (Å²) in [4.78, 5) is 10.7. The summed E-state index contributed by atoms with van der Waals surface area (Å²) in [7, 11) is 0. The first-order chi connectivity index (χ1) is 5.72. The molecule has 0 saturated heterocycles. The monoisotopic (exact) mass is 166 g/mol. The van der Waals surface area contributed by atoms with E-state index in [1.165, 1.54) is 6.92 Å². The zero-order valence-corrected chi connectivity index (χ0v) is 8.42. The molecule has 12 heavy (non-hydrogen) atoms. The molecule has 0 atom stereocenters. The van der Waals surface area contributed by atoms with Gasteiger partial charge in [0.05, 0.1) is 0 Å². The van der Waals surface area contributed by atoms with Crippen molar-refractivity contribution in [1.82, 2.24) is 0 Å². The number of Topliss-reactive ketones (excluding diaryl/α,β-unsaturated/α-hetero) is 1. The standard InChI is InChI=1S/C9H12O.C2H6/c1-4-6-7-9(5-2)8(3)10;1-2/h4-7H,2H2,1,3H3;1-2H3/b6-4-,9-7+;. The van der Waals surface area contributed by atoms with Crippen LogP contribution in [0.2, 0.25) is 0 Å². The van der Waals surface area contributed by atoms with Crippen LogP contribution in [0.1, 0.15) is 27.7 Å². The molecule has 0 rings (SSSR count). The minimum absolute atomic E-state index is 0.0492. The Bertz CT molecular complexity index is 185. The van der Waals surface area contributed by atoms with E-state index >= 15 is 0 Å². The molecule has 0 N–H and O–H groups in total. The summed E-state index contributed by atoms with van der Waals surface area (Å²) in [6.07, 6.45) is 6.99. The summed E-state index contributed by atoms with van der Waals surface area (Å²) in [5.74, 6) is 0.0492. The van der Waals surface area contributed by atoms with Crippen LogP contribution in [0, 0.1) is 0 Å². The third-order valence-electron chi connectivity index (χ3n) is 1.09. The Morgan fingerprint density at radius 1 is 1.33 bits per heavy atom. The molecule has 68 valence electrons. The minimum atomic E-state index is 0.0492. The lowest BCUT2D eigenvalue weighted by atomic mass is 10.2. The van der Waals surface area contributed by atoms with Crippen molar-refractivity contribution in [3.63, 3.8) is 0 Å². The smallest absolute Gasteiger partial charge is 0.159 e. The largest absolute Gasteiger partial charge is 0.295 e. The van der Waals surface area contributed by atoms with Gasteiger partial charge in [0, 0.05) is 5.57 Å². The lowest BCUT2D eigenvalue weighted by molar-refractivity contribution is -0.113. The van der Waals surface area contributed by atoms with Crippen molar-refractivity contribution in [3.8, 4) is 0 Å². The molecule has 1 nitrogen and oxygen atoms in total. The second kappa shape index (κ2) is 9.89. The van der Waals surface area contributed by atoms with Crippen LogP contribution in [0.4, 0.5) is 0 Å². The van der Waals surface area contributed by atoms with Gasteiger partial charge in [-0.25, -0.2) is 0 Å². The number of rotatable bonds is 3. The summed E-state index contributed by atoms with van der Waals surface area (Å²) in [6, 6.07) is 0. The van der Waals surface area contributed by atoms with Crippen molar-refractivity contribution < 1.29 is 4.79 Å². The Balaban J connectivity index is 0.